The molecule has 1 aliphatic heterocycles. The highest BCUT2D eigenvalue weighted by atomic mass is 19.1. The molecule has 0 aliphatic carbocycles. The number of rotatable bonds is 4. The number of aliphatic imine (C=N–C) groups is 1. The fourth-order valence-corrected chi connectivity index (χ4v) is 1.68. The lowest BCUT2D eigenvalue weighted by atomic mass is 10.1. The van der Waals surface area contributed by atoms with Crippen LogP contribution in [-0.2, 0) is 9.53 Å². The van der Waals surface area contributed by atoms with Gasteiger partial charge in [0.05, 0.1) is 6.42 Å². The molecule has 1 atom stereocenters. The summed E-state index contributed by atoms with van der Waals surface area (Å²) in [5.41, 5.74) is 0.484. The quantitative estimate of drug-likeness (QED) is 0.872. The molecule has 0 amide bonds. The van der Waals surface area contributed by atoms with Crippen LogP contribution in [0.4, 0.5) is 4.39 Å². The molecule has 5 heteroatoms. The van der Waals surface area contributed by atoms with Crippen molar-refractivity contribution < 1.29 is 19.0 Å². The summed E-state index contributed by atoms with van der Waals surface area (Å²) in [6.07, 6.45) is 0.225. The van der Waals surface area contributed by atoms with Crippen LogP contribution in [0.3, 0.4) is 0 Å². The van der Waals surface area contributed by atoms with E-state index in [-0.39, 0.29) is 31.3 Å². The molecule has 1 heterocycles. The first kappa shape index (κ1) is 11.6. The predicted molar refractivity (Wildman–Crippen MR) is 59.4 cm³/mol. The van der Waals surface area contributed by atoms with E-state index in [0.29, 0.717) is 11.5 Å². The third-order valence-electron chi connectivity index (χ3n) is 2.52. The van der Waals surface area contributed by atoms with Gasteiger partial charge in [-0.25, -0.2) is 9.38 Å². The summed E-state index contributed by atoms with van der Waals surface area (Å²) in [6, 6.07) is 6.03. The van der Waals surface area contributed by atoms with E-state index in [0.717, 1.165) is 0 Å². The minimum atomic E-state index is -0.898. The molecular weight excluding hydrogens is 225 g/mol. The van der Waals surface area contributed by atoms with Gasteiger partial charge >= 0.3 is 5.97 Å². The zero-order valence-corrected chi connectivity index (χ0v) is 9.10. The minimum absolute atomic E-state index is 0.0250. The van der Waals surface area contributed by atoms with Gasteiger partial charge in [0.2, 0.25) is 0 Å². The van der Waals surface area contributed by atoms with E-state index < -0.39 is 5.97 Å². The van der Waals surface area contributed by atoms with E-state index in [1.807, 2.05) is 0 Å². The molecule has 0 spiro atoms. The predicted octanol–water partition coefficient (Wildman–Crippen LogP) is 2.16. The van der Waals surface area contributed by atoms with Crippen molar-refractivity contribution in [1.82, 2.24) is 0 Å². The first-order valence-electron chi connectivity index (χ1n) is 5.32. The lowest BCUT2D eigenvalue weighted by molar-refractivity contribution is -0.136. The number of nitrogens with zero attached hydrogens (tertiary/aromatic N) is 1. The van der Waals surface area contributed by atoms with Gasteiger partial charge in [-0.05, 0) is 6.07 Å². The van der Waals surface area contributed by atoms with Crippen LogP contribution in [0.2, 0.25) is 0 Å². The second kappa shape index (κ2) is 4.95. The Hall–Kier alpha value is -1.91. The molecular formula is C12H12FNO3. The third kappa shape index (κ3) is 2.81. The number of halogens is 1. The Bertz CT molecular complexity index is 459. The summed E-state index contributed by atoms with van der Waals surface area (Å²) in [7, 11) is 0. The number of hydrogen-bond acceptors (Lipinski definition) is 3. The van der Waals surface area contributed by atoms with Crippen molar-refractivity contribution in [2.75, 3.05) is 6.61 Å². The average Bonchev–Trinajstić information content (AvgIpc) is 2.75. The molecule has 1 aliphatic rings. The summed E-state index contributed by atoms with van der Waals surface area (Å²) in [6.45, 7) is 0.274. The average molecular weight is 237 g/mol. The normalized spacial score (nSPS) is 18.6. The van der Waals surface area contributed by atoms with E-state index in [2.05, 4.69) is 4.99 Å². The molecule has 0 bridgehead atoms. The Labute approximate surface area is 97.7 Å². The van der Waals surface area contributed by atoms with Gasteiger partial charge in [0.25, 0.3) is 0 Å². The van der Waals surface area contributed by atoms with Gasteiger partial charge in [0.1, 0.15) is 18.5 Å². The van der Waals surface area contributed by atoms with Crippen molar-refractivity contribution in [1.29, 1.82) is 0 Å². The van der Waals surface area contributed by atoms with Crippen molar-refractivity contribution in [2.45, 2.75) is 18.9 Å². The van der Waals surface area contributed by atoms with Crippen molar-refractivity contribution in [2.24, 2.45) is 4.99 Å². The van der Waals surface area contributed by atoms with Crippen LogP contribution in [0.25, 0.3) is 0 Å². The number of carboxylic acids is 1. The Morgan fingerprint density at radius 1 is 1.53 bits per heavy atom. The van der Waals surface area contributed by atoms with Crippen molar-refractivity contribution in [3.8, 4) is 0 Å². The SMILES string of the molecule is O=C(O)CCC1=NC(c2ccccc2F)CO1. The number of carboxylic acid groups (broad SMARTS) is 1. The number of carbonyl (C=O) groups is 1. The topological polar surface area (TPSA) is 58.9 Å². The van der Waals surface area contributed by atoms with Crippen molar-refractivity contribution in [3.63, 3.8) is 0 Å². The summed E-state index contributed by atoms with van der Waals surface area (Å²) >= 11 is 0. The van der Waals surface area contributed by atoms with Gasteiger partial charge in [-0.15, -0.1) is 0 Å². The van der Waals surface area contributed by atoms with E-state index in [9.17, 15) is 9.18 Å². The molecule has 90 valence electrons. The number of benzene rings is 1. The van der Waals surface area contributed by atoms with Crippen molar-refractivity contribution in [3.05, 3.63) is 35.6 Å². The molecule has 4 nitrogen and oxygen atoms in total. The highest BCUT2D eigenvalue weighted by Crippen LogP contribution is 2.26. The third-order valence-corrected chi connectivity index (χ3v) is 2.52. The molecule has 1 N–H and O–H groups in total. The van der Waals surface area contributed by atoms with Crippen LogP contribution in [0, 0.1) is 5.82 Å². The minimum Gasteiger partial charge on any atom is -0.481 e. The molecule has 1 aromatic rings. The maximum atomic E-state index is 13.5. The lowest BCUT2D eigenvalue weighted by Crippen LogP contribution is -2.03. The summed E-state index contributed by atoms with van der Waals surface area (Å²) < 4.78 is 18.7. The smallest absolute Gasteiger partial charge is 0.303 e. The standard InChI is InChI=1S/C12H12FNO3/c13-9-4-2-1-3-8(9)10-7-17-11(14-10)5-6-12(15)16/h1-4,10H,5-7H2,(H,15,16). The summed E-state index contributed by atoms with van der Waals surface area (Å²) in [5, 5.41) is 8.53. The van der Waals surface area contributed by atoms with E-state index in [1.54, 1.807) is 18.2 Å². The molecule has 2 rings (SSSR count). The molecule has 1 unspecified atom stereocenters. The molecule has 17 heavy (non-hydrogen) atoms. The van der Waals surface area contributed by atoms with Gasteiger partial charge in [0.15, 0.2) is 5.90 Å². The largest absolute Gasteiger partial charge is 0.481 e. The zero-order valence-electron chi connectivity index (χ0n) is 9.10. The van der Waals surface area contributed by atoms with Gasteiger partial charge in [-0.2, -0.15) is 0 Å². The number of ether oxygens (including phenoxy) is 1. The molecule has 0 saturated heterocycles. The Morgan fingerprint density at radius 2 is 2.29 bits per heavy atom. The molecule has 0 saturated carbocycles. The second-order valence-corrected chi connectivity index (χ2v) is 3.76. The van der Waals surface area contributed by atoms with Crippen molar-refractivity contribution >= 4 is 11.9 Å². The fourth-order valence-electron chi connectivity index (χ4n) is 1.68. The molecule has 0 radical (unpaired) electrons. The Morgan fingerprint density at radius 3 is 3.00 bits per heavy atom. The zero-order chi connectivity index (χ0) is 12.3. The van der Waals surface area contributed by atoms with Crippen LogP contribution in [0.1, 0.15) is 24.4 Å². The van der Waals surface area contributed by atoms with E-state index in [1.165, 1.54) is 6.07 Å². The van der Waals surface area contributed by atoms with Crippen LogP contribution >= 0.6 is 0 Å². The van der Waals surface area contributed by atoms with Crippen LogP contribution in [0.5, 0.6) is 0 Å². The van der Waals surface area contributed by atoms with Crippen LogP contribution < -0.4 is 0 Å². The number of aliphatic carboxylic acids is 1. The fraction of sp³-hybridized carbons (Fsp3) is 0.333. The molecule has 1 aromatic carbocycles. The first-order chi connectivity index (χ1) is 8.16. The Kier molecular flexibility index (Phi) is 3.37. The molecule has 0 aromatic heterocycles. The van der Waals surface area contributed by atoms with Gasteiger partial charge in [-0.1, -0.05) is 18.2 Å². The number of hydrogen-bond donors (Lipinski definition) is 1. The van der Waals surface area contributed by atoms with E-state index >= 15 is 0 Å². The maximum absolute atomic E-state index is 13.5. The highest BCUT2D eigenvalue weighted by Gasteiger charge is 2.23. The van der Waals surface area contributed by atoms with Crippen LogP contribution in [0.15, 0.2) is 29.3 Å². The Balaban J connectivity index is 2.06. The van der Waals surface area contributed by atoms with Crippen LogP contribution in [-0.4, -0.2) is 23.6 Å². The first-order valence-corrected chi connectivity index (χ1v) is 5.32. The van der Waals surface area contributed by atoms with E-state index in [4.69, 9.17) is 9.84 Å². The monoisotopic (exact) mass is 237 g/mol. The van der Waals surface area contributed by atoms with Gasteiger partial charge < -0.3 is 9.84 Å². The summed E-state index contributed by atoms with van der Waals surface area (Å²) in [4.78, 5) is 14.6. The maximum Gasteiger partial charge on any atom is 0.303 e. The van der Waals surface area contributed by atoms with Gasteiger partial charge in [0, 0.05) is 12.0 Å². The molecule has 0 fully saturated rings. The van der Waals surface area contributed by atoms with Gasteiger partial charge in [-0.3, -0.25) is 4.79 Å². The second-order valence-electron chi connectivity index (χ2n) is 3.76. The summed E-state index contributed by atoms with van der Waals surface area (Å²) in [5.74, 6) is -0.823. The lowest BCUT2D eigenvalue weighted by Gasteiger charge is -2.05. The highest BCUT2D eigenvalue weighted by molar-refractivity contribution is 5.81.